The van der Waals surface area contributed by atoms with Crippen LogP contribution in [0.25, 0.3) is 0 Å². The Morgan fingerprint density at radius 1 is 0.600 bits per heavy atom. The number of benzene rings is 1. The molecule has 0 atom stereocenters. The molecule has 1 aromatic rings. The molecule has 0 heterocycles. The quantitative estimate of drug-likeness (QED) is 0.188. The number of carbonyl (C=O) groups is 1. The summed E-state index contributed by atoms with van der Waals surface area (Å²) in [6.07, 6.45) is 0. The van der Waals surface area contributed by atoms with Crippen LogP contribution >= 0.6 is 0 Å². The fourth-order valence-corrected chi connectivity index (χ4v) is 2.56. The highest BCUT2D eigenvalue weighted by atomic mass is 16.6. The molecule has 3 N–H and O–H groups in total. The minimum Gasteiger partial charge on any atom is -0.491 e. The Morgan fingerprint density at radius 2 is 0.943 bits per heavy atom. The molecule has 11 heteroatoms. The molecule has 0 saturated carbocycles. The first-order chi connectivity index (χ1) is 17.2. The molecule has 0 unspecified atom stereocenters. The molecule has 1 rings (SSSR count). The van der Waals surface area contributed by atoms with Gasteiger partial charge in [0, 0.05) is 19.2 Å². The lowest BCUT2D eigenvalue weighted by Gasteiger charge is -2.09. The predicted octanol–water partition coefficient (Wildman–Crippen LogP) is 1.10. The first-order valence-electron chi connectivity index (χ1n) is 12.0. The van der Waals surface area contributed by atoms with Crippen LogP contribution in [0.5, 0.6) is 5.75 Å². The maximum absolute atomic E-state index is 11.0. The van der Waals surface area contributed by atoms with Gasteiger partial charge < -0.3 is 48.9 Å². The van der Waals surface area contributed by atoms with Crippen molar-refractivity contribution in [3.63, 3.8) is 0 Å². The highest BCUT2D eigenvalue weighted by molar-refractivity contribution is 5.88. The summed E-state index contributed by atoms with van der Waals surface area (Å²) in [7, 11) is 0. The lowest BCUT2D eigenvalue weighted by molar-refractivity contribution is -0.114. The molecule has 0 aliphatic rings. The number of hydrogen-bond donors (Lipinski definition) is 2. The van der Waals surface area contributed by atoms with Crippen LogP contribution in [0.2, 0.25) is 0 Å². The van der Waals surface area contributed by atoms with Gasteiger partial charge in [0.1, 0.15) is 12.4 Å². The largest absolute Gasteiger partial charge is 0.491 e. The van der Waals surface area contributed by atoms with Crippen LogP contribution < -0.4 is 15.8 Å². The summed E-state index contributed by atoms with van der Waals surface area (Å²) in [5.74, 6) is 0.616. The lowest BCUT2D eigenvalue weighted by atomic mass is 10.3. The minimum atomic E-state index is -0.105. The molecule has 0 bridgehead atoms. The van der Waals surface area contributed by atoms with Crippen molar-refractivity contribution in [1.29, 1.82) is 0 Å². The van der Waals surface area contributed by atoms with E-state index < -0.39 is 0 Å². The third-order valence-corrected chi connectivity index (χ3v) is 4.17. The van der Waals surface area contributed by atoms with Gasteiger partial charge in [0.25, 0.3) is 0 Å². The van der Waals surface area contributed by atoms with Crippen LogP contribution in [0.1, 0.15) is 6.92 Å². The summed E-state index contributed by atoms with van der Waals surface area (Å²) in [6.45, 7) is 9.65. The average molecular weight is 503 g/mol. The Labute approximate surface area is 208 Å². The third kappa shape index (κ3) is 21.2. The van der Waals surface area contributed by atoms with Crippen molar-refractivity contribution in [3.8, 4) is 5.75 Å². The summed E-state index contributed by atoms with van der Waals surface area (Å²) >= 11 is 0. The van der Waals surface area contributed by atoms with Crippen LogP contribution in [-0.2, 0) is 38.0 Å². The van der Waals surface area contributed by atoms with Gasteiger partial charge in [0.2, 0.25) is 5.91 Å². The van der Waals surface area contributed by atoms with Crippen molar-refractivity contribution in [3.05, 3.63) is 24.3 Å². The van der Waals surface area contributed by atoms with E-state index in [1.807, 2.05) is 0 Å². The zero-order chi connectivity index (χ0) is 25.2. The molecule has 35 heavy (non-hydrogen) atoms. The lowest BCUT2D eigenvalue weighted by Crippen LogP contribution is -2.15. The molecule has 202 valence electrons. The predicted molar refractivity (Wildman–Crippen MR) is 131 cm³/mol. The van der Waals surface area contributed by atoms with E-state index >= 15 is 0 Å². The number of carbonyl (C=O) groups excluding carboxylic acids is 1. The Kier molecular flexibility index (Phi) is 21.3. The zero-order valence-corrected chi connectivity index (χ0v) is 20.9. The van der Waals surface area contributed by atoms with Crippen LogP contribution in [-0.4, -0.2) is 112 Å². The average Bonchev–Trinajstić information content (AvgIpc) is 2.85. The summed E-state index contributed by atoms with van der Waals surface area (Å²) in [5.41, 5.74) is 6.05. The van der Waals surface area contributed by atoms with Crippen molar-refractivity contribution >= 4 is 11.6 Å². The van der Waals surface area contributed by atoms with Crippen LogP contribution in [0.4, 0.5) is 5.69 Å². The molecule has 1 aromatic carbocycles. The van der Waals surface area contributed by atoms with Crippen LogP contribution in [0, 0.1) is 0 Å². The smallest absolute Gasteiger partial charge is 0.221 e. The molecule has 0 fully saturated rings. The van der Waals surface area contributed by atoms with Crippen LogP contribution in [0.15, 0.2) is 24.3 Å². The van der Waals surface area contributed by atoms with Gasteiger partial charge in [-0.15, -0.1) is 0 Å². The molecule has 0 aromatic heterocycles. The Balaban J connectivity index is 1.73. The highest BCUT2D eigenvalue weighted by Crippen LogP contribution is 2.15. The normalized spacial score (nSPS) is 11.0. The van der Waals surface area contributed by atoms with E-state index in [1.165, 1.54) is 6.92 Å². The second-order valence-electron chi connectivity index (χ2n) is 7.13. The zero-order valence-electron chi connectivity index (χ0n) is 20.9. The number of hydrogen-bond acceptors (Lipinski definition) is 10. The highest BCUT2D eigenvalue weighted by Gasteiger charge is 1.98. The minimum absolute atomic E-state index is 0.105. The molecule has 11 nitrogen and oxygen atoms in total. The second kappa shape index (κ2) is 23.9. The van der Waals surface area contributed by atoms with Crippen molar-refractivity contribution in [2.75, 3.05) is 111 Å². The van der Waals surface area contributed by atoms with Crippen molar-refractivity contribution < 1.29 is 42.7 Å². The summed E-state index contributed by atoms with van der Waals surface area (Å²) in [4.78, 5) is 11.0. The number of amides is 1. The first-order valence-corrected chi connectivity index (χ1v) is 12.0. The maximum atomic E-state index is 11.0. The van der Waals surface area contributed by atoms with E-state index in [9.17, 15) is 4.79 Å². The SMILES string of the molecule is CC(=O)Nc1ccc(OCCOCCOCCOCCOCCOCCOCCOCCN)cc1. The maximum Gasteiger partial charge on any atom is 0.221 e. The third-order valence-electron chi connectivity index (χ3n) is 4.17. The van der Waals surface area contributed by atoms with E-state index in [1.54, 1.807) is 24.3 Å². The van der Waals surface area contributed by atoms with E-state index in [0.717, 1.165) is 11.4 Å². The molecule has 0 aliphatic carbocycles. The molecular weight excluding hydrogens is 460 g/mol. The van der Waals surface area contributed by atoms with E-state index in [0.29, 0.717) is 106 Å². The Bertz CT molecular complexity index is 605. The second-order valence-corrected chi connectivity index (χ2v) is 7.13. The van der Waals surface area contributed by atoms with Crippen molar-refractivity contribution in [2.24, 2.45) is 5.73 Å². The number of ether oxygens (including phenoxy) is 8. The molecule has 0 saturated heterocycles. The monoisotopic (exact) mass is 502 g/mol. The summed E-state index contributed by atoms with van der Waals surface area (Å²) in [5, 5.41) is 2.70. The number of nitrogens with one attached hydrogen (secondary N) is 1. The van der Waals surface area contributed by atoms with Gasteiger partial charge in [-0.25, -0.2) is 0 Å². The van der Waals surface area contributed by atoms with E-state index in [-0.39, 0.29) is 5.91 Å². The first kappa shape index (κ1) is 31.2. The Hall–Kier alpha value is -1.83. The molecular formula is C24H42N2O9. The molecule has 1 amide bonds. The van der Waals surface area contributed by atoms with Gasteiger partial charge >= 0.3 is 0 Å². The van der Waals surface area contributed by atoms with E-state index in [4.69, 9.17) is 43.6 Å². The molecule has 0 radical (unpaired) electrons. The van der Waals surface area contributed by atoms with Crippen molar-refractivity contribution in [2.45, 2.75) is 6.92 Å². The standard InChI is InChI=1S/C24H42N2O9/c1-22(27)26-23-2-4-24(5-3-23)35-21-20-34-19-18-33-17-16-32-15-14-31-13-12-30-11-10-29-9-8-28-7-6-25/h2-5H,6-21,25H2,1H3,(H,26,27). The van der Waals surface area contributed by atoms with Crippen molar-refractivity contribution in [1.82, 2.24) is 0 Å². The summed E-state index contributed by atoms with van der Waals surface area (Å²) in [6, 6.07) is 7.18. The topological polar surface area (TPSA) is 129 Å². The van der Waals surface area contributed by atoms with Gasteiger partial charge in [0.05, 0.1) is 92.5 Å². The van der Waals surface area contributed by atoms with Gasteiger partial charge in [-0.05, 0) is 24.3 Å². The van der Waals surface area contributed by atoms with Gasteiger partial charge in [-0.1, -0.05) is 0 Å². The number of nitrogens with two attached hydrogens (primary N) is 1. The van der Waals surface area contributed by atoms with Gasteiger partial charge in [-0.2, -0.15) is 0 Å². The molecule has 0 spiro atoms. The number of anilines is 1. The summed E-state index contributed by atoms with van der Waals surface area (Å²) < 4.78 is 43.3. The van der Waals surface area contributed by atoms with E-state index in [2.05, 4.69) is 5.32 Å². The van der Waals surface area contributed by atoms with Crippen LogP contribution in [0.3, 0.4) is 0 Å². The number of rotatable bonds is 25. The Morgan fingerprint density at radius 3 is 1.29 bits per heavy atom. The van der Waals surface area contributed by atoms with Gasteiger partial charge in [-0.3, -0.25) is 4.79 Å². The van der Waals surface area contributed by atoms with Gasteiger partial charge in [0.15, 0.2) is 0 Å². The fraction of sp³-hybridized carbons (Fsp3) is 0.708. The fourth-order valence-electron chi connectivity index (χ4n) is 2.56. The molecule has 0 aliphatic heterocycles.